The predicted octanol–water partition coefficient (Wildman–Crippen LogP) is 4.31. The zero-order valence-corrected chi connectivity index (χ0v) is 20.5. The summed E-state index contributed by atoms with van der Waals surface area (Å²) in [4.78, 5) is 21.0. The number of rotatable bonds is 8. The topological polar surface area (TPSA) is 68.4 Å². The van der Waals surface area contributed by atoms with Crippen LogP contribution in [-0.2, 0) is 24.0 Å². The minimum atomic E-state index is 0. The molecule has 0 N–H and O–H groups in total. The van der Waals surface area contributed by atoms with Crippen LogP contribution in [0.2, 0.25) is 5.02 Å². The highest BCUT2D eigenvalue weighted by molar-refractivity contribution is 6.30. The van der Waals surface area contributed by atoms with E-state index in [2.05, 4.69) is 30.3 Å². The molecular weight excluding hydrogens is 471 g/mol. The Morgan fingerprint density at radius 2 is 1.85 bits per heavy atom. The predicted molar refractivity (Wildman–Crippen MR) is 136 cm³/mol. The number of nitrogens with zero attached hydrogens (tertiary/aromatic N) is 6. The normalized spacial score (nSPS) is 14.3. The third-order valence-electron chi connectivity index (χ3n) is 5.99. The minimum absolute atomic E-state index is 0. The van der Waals surface area contributed by atoms with Gasteiger partial charge in [-0.25, -0.2) is 15.0 Å². The Bertz CT molecular complexity index is 1220. The van der Waals surface area contributed by atoms with Crippen molar-refractivity contribution >= 4 is 29.7 Å². The van der Waals surface area contributed by atoms with Crippen molar-refractivity contribution in [2.45, 2.75) is 25.7 Å². The minimum Gasteiger partial charge on any atom is -0.379 e. The van der Waals surface area contributed by atoms with Gasteiger partial charge in [-0.2, -0.15) is 0 Å². The number of ether oxygens (including phenoxy) is 1. The van der Waals surface area contributed by atoms with E-state index in [-0.39, 0.29) is 12.4 Å². The van der Waals surface area contributed by atoms with Gasteiger partial charge >= 0.3 is 0 Å². The van der Waals surface area contributed by atoms with Crippen molar-refractivity contribution in [2.24, 2.45) is 0 Å². The van der Waals surface area contributed by atoms with E-state index in [0.717, 1.165) is 92.1 Å². The van der Waals surface area contributed by atoms with E-state index >= 15 is 0 Å². The van der Waals surface area contributed by atoms with E-state index < -0.39 is 0 Å². The van der Waals surface area contributed by atoms with Crippen molar-refractivity contribution < 1.29 is 4.74 Å². The van der Waals surface area contributed by atoms with E-state index in [9.17, 15) is 0 Å². The number of fused-ring (bicyclic) bond motifs is 1. The Labute approximate surface area is 210 Å². The smallest absolute Gasteiger partial charge is 0.159 e. The number of hydrogen-bond acceptors (Lipinski definition) is 6. The molecule has 0 spiro atoms. The van der Waals surface area contributed by atoms with Crippen LogP contribution in [0.25, 0.3) is 17.0 Å². The molecule has 4 aromatic rings. The molecule has 5 rings (SSSR count). The summed E-state index contributed by atoms with van der Waals surface area (Å²) in [6.45, 7) is 4.74. The summed E-state index contributed by atoms with van der Waals surface area (Å²) in [5.74, 6) is 0.808. The molecule has 1 saturated heterocycles. The highest BCUT2D eigenvalue weighted by atomic mass is 35.5. The molecule has 9 heteroatoms. The van der Waals surface area contributed by atoms with Gasteiger partial charge in [-0.15, -0.1) is 12.4 Å². The first kappa shape index (κ1) is 24.5. The molecule has 178 valence electrons. The average molecular weight is 499 g/mol. The number of morpholine rings is 1. The molecule has 3 aromatic heterocycles. The maximum absolute atomic E-state index is 6.11. The molecule has 0 atom stereocenters. The summed E-state index contributed by atoms with van der Waals surface area (Å²) in [5.41, 5.74) is 4.91. The number of hydrogen-bond donors (Lipinski definition) is 0. The van der Waals surface area contributed by atoms with Crippen LogP contribution in [0.1, 0.15) is 23.5 Å². The maximum Gasteiger partial charge on any atom is 0.159 e. The van der Waals surface area contributed by atoms with Gasteiger partial charge in [0.05, 0.1) is 36.5 Å². The van der Waals surface area contributed by atoms with Crippen LogP contribution >= 0.6 is 24.0 Å². The first-order valence-electron chi connectivity index (χ1n) is 11.4. The second-order valence-electron chi connectivity index (χ2n) is 8.26. The first-order chi connectivity index (χ1) is 16.3. The standard InChI is InChI=1S/C25H27ClN6O.ClH/c26-20-4-1-3-19(17-20)6-7-24-28-9-8-21(30-24)23-18-29-25-22(27-10-12-32(23)25)5-2-11-31-13-15-33-16-14-31;/h1,3-4,8-10,12,17-18H,2,5-7,11,13-16H2;1H. The van der Waals surface area contributed by atoms with Gasteiger partial charge in [-0.1, -0.05) is 23.7 Å². The van der Waals surface area contributed by atoms with Gasteiger partial charge in [-0.3, -0.25) is 14.3 Å². The van der Waals surface area contributed by atoms with Crippen molar-refractivity contribution in [1.29, 1.82) is 0 Å². The van der Waals surface area contributed by atoms with Crippen LogP contribution in [0.4, 0.5) is 0 Å². The molecule has 0 bridgehead atoms. The van der Waals surface area contributed by atoms with E-state index in [0.29, 0.717) is 0 Å². The quantitative estimate of drug-likeness (QED) is 0.360. The van der Waals surface area contributed by atoms with Gasteiger partial charge in [-0.05, 0) is 49.6 Å². The van der Waals surface area contributed by atoms with Crippen molar-refractivity contribution in [1.82, 2.24) is 29.2 Å². The fourth-order valence-electron chi connectivity index (χ4n) is 4.24. The van der Waals surface area contributed by atoms with Crippen molar-refractivity contribution in [3.05, 3.63) is 77.2 Å². The van der Waals surface area contributed by atoms with Crippen LogP contribution in [0, 0.1) is 0 Å². The fourth-order valence-corrected chi connectivity index (χ4v) is 4.46. The molecule has 1 aliphatic rings. The Hall–Kier alpha value is -2.58. The maximum atomic E-state index is 6.11. The van der Waals surface area contributed by atoms with Crippen LogP contribution in [-0.4, -0.2) is 62.1 Å². The number of aromatic nitrogens is 5. The van der Waals surface area contributed by atoms with Crippen molar-refractivity contribution in [3.8, 4) is 11.4 Å². The number of benzene rings is 1. The summed E-state index contributed by atoms with van der Waals surface area (Å²) in [6.07, 6.45) is 11.0. The summed E-state index contributed by atoms with van der Waals surface area (Å²) in [5, 5.41) is 0.752. The molecule has 0 amide bonds. The SMILES string of the molecule is Cl.Clc1cccc(CCc2nccc(-c3cnc4c(CCCN5CCOCC5)nccn34)n2)c1. The lowest BCUT2D eigenvalue weighted by molar-refractivity contribution is 0.0374. The summed E-state index contributed by atoms with van der Waals surface area (Å²) >= 11 is 6.11. The molecule has 4 heterocycles. The van der Waals surface area contributed by atoms with Crippen LogP contribution in [0.5, 0.6) is 0 Å². The second kappa shape index (κ2) is 11.7. The van der Waals surface area contributed by atoms with Gasteiger partial charge in [0.15, 0.2) is 5.65 Å². The van der Waals surface area contributed by atoms with Gasteiger partial charge in [0.1, 0.15) is 5.82 Å². The molecule has 1 aliphatic heterocycles. The van der Waals surface area contributed by atoms with Crippen molar-refractivity contribution in [3.63, 3.8) is 0 Å². The first-order valence-corrected chi connectivity index (χ1v) is 11.8. The summed E-state index contributed by atoms with van der Waals surface area (Å²) in [6, 6.07) is 9.86. The van der Waals surface area contributed by atoms with E-state index in [1.54, 1.807) is 0 Å². The lowest BCUT2D eigenvalue weighted by Gasteiger charge is -2.26. The lowest BCUT2D eigenvalue weighted by atomic mass is 10.1. The highest BCUT2D eigenvalue weighted by Gasteiger charge is 2.14. The molecule has 34 heavy (non-hydrogen) atoms. The monoisotopic (exact) mass is 498 g/mol. The van der Waals surface area contributed by atoms with E-state index in [4.69, 9.17) is 21.3 Å². The molecule has 0 unspecified atom stereocenters. The Kier molecular flexibility index (Phi) is 8.45. The lowest BCUT2D eigenvalue weighted by Crippen LogP contribution is -2.37. The average Bonchev–Trinajstić information content (AvgIpc) is 3.29. The van der Waals surface area contributed by atoms with Crippen LogP contribution in [0.15, 0.2) is 55.1 Å². The number of halogens is 2. The van der Waals surface area contributed by atoms with Crippen molar-refractivity contribution in [2.75, 3.05) is 32.8 Å². The third-order valence-corrected chi connectivity index (χ3v) is 6.22. The summed E-state index contributed by atoms with van der Waals surface area (Å²) < 4.78 is 7.52. The zero-order valence-electron chi connectivity index (χ0n) is 18.9. The molecular formula is C25H28Cl2N6O. The van der Waals surface area contributed by atoms with E-state index in [1.165, 1.54) is 5.56 Å². The molecule has 0 saturated carbocycles. The molecule has 0 aliphatic carbocycles. The molecule has 7 nitrogen and oxygen atoms in total. The third kappa shape index (κ3) is 5.91. The number of aryl methyl sites for hydroxylation is 3. The second-order valence-corrected chi connectivity index (χ2v) is 8.69. The van der Waals surface area contributed by atoms with Gasteiger partial charge in [0.25, 0.3) is 0 Å². The Morgan fingerprint density at radius 1 is 0.971 bits per heavy atom. The van der Waals surface area contributed by atoms with Crippen LogP contribution in [0.3, 0.4) is 0 Å². The van der Waals surface area contributed by atoms with E-state index in [1.807, 2.05) is 49.1 Å². The fraction of sp³-hybridized carbons (Fsp3) is 0.360. The zero-order chi connectivity index (χ0) is 22.5. The highest BCUT2D eigenvalue weighted by Crippen LogP contribution is 2.21. The molecule has 0 radical (unpaired) electrons. The molecule has 1 fully saturated rings. The van der Waals surface area contributed by atoms with Gasteiger partial charge in [0, 0.05) is 43.1 Å². The summed E-state index contributed by atoms with van der Waals surface area (Å²) in [7, 11) is 0. The largest absolute Gasteiger partial charge is 0.379 e. The Morgan fingerprint density at radius 3 is 2.71 bits per heavy atom. The van der Waals surface area contributed by atoms with Crippen LogP contribution < -0.4 is 0 Å². The van der Waals surface area contributed by atoms with Gasteiger partial charge < -0.3 is 4.74 Å². The Balaban J connectivity index is 0.00000274. The van der Waals surface area contributed by atoms with Gasteiger partial charge in [0.2, 0.25) is 0 Å². The number of imidazole rings is 1. The molecule has 1 aromatic carbocycles.